The number of hydrogen-bond acceptors (Lipinski definition) is 4. The first kappa shape index (κ1) is 16.0. The molecule has 0 aliphatic carbocycles. The van der Waals surface area contributed by atoms with Gasteiger partial charge >= 0.3 is 6.09 Å². The van der Waals surface area contributed by atoms with Gasteiger partial charge in [-0.05, 0) is 25.5 Å². The van der Waals surface area contributed by atoms with E-state index in [1.54, 1.807) is 4.90 Å². The van der Waals surface area contributed by atoms with Gasteiger partial charge in [0.2, 0.25) is 0 Å². The summed E-state index contributed by atoms with van der Waals surface area (Å²) in [5.74, 6) is 0. The Bertz CT molecular complexity index is 286. The minimum Gasteiger partial charge on any atom is -0.450 e. The third-order valence-corrected chi connectivity index (χ3v) is 3.15. The highest BCUT2D eigenvalue weighted by Gasteiger charge is 2.21. The average molecular weight is 269 g/mol. The largest absolute Gasteiger partial charge is 0.450 e. The molecule has 0 atom stereocenters. The predicted molar refractivity (Wildman–Crippen MR) is 77.3 cm³/mol. The lowest BCUT2D eigenvalue weighted by Gasteiger charge is -2.34. The summed E-state index contributed by atoms with van der Waals surface area (Å²) < 4.78 is 5.00. The van der Waals surface area contributed by atoms with Gasteiger partial charge in [-0.1, -0.05) is 13.5 Å². The summed E-state index contributed by atoms with van der Waals surface area (Å²) >= 11 is 0. The highest BCUT2D eigenvalue weighted by molar-refractivity contribution is 5.67. The zero-order chi connectivity index (χ0) is 14.1. The van der Waals surface area contributed by atoms with Gasteiger partial charge in [-0.2, -0.15) is 0 Å². The fourth-order valence-corrected chi connectivity index (χ4v) is 2.12. The molecule has 110 valence electrons. The topological polar surface area (TPSA) is 44.8 Å². The molecule has 1 amide bonds. The molecule has 0 radical (unpaired) electrons. The Balaban J connectivity index is 2.19. The molecule has 0 unspecified atom stereocenters. The molecule has 1 heterocycles. The quantitative estimate of drug-likeness (QED) is 0.559. The lowest BCUT2D eigenvalue weighted by Crippen LogP contribution is -2.49. The molecule has 0 bridgehead atoms. The summed E-state index contributed by atoms with van der Waals surface area (Å²) in [5.41, 5.74) is 1.21. The van der Waals surface area contributed by atoms with Crippen LogP contribution in [0.4, 0.5) is 4.79 Å². The summed E-state index contributed by atoms with van der Waals surface area (Å²) in [7, 11) is 0. The second-order valence-electron chi connectivity index (χ2n) is 4.89. The first-order chi connectivity index (χ1) is 9.17. The van der Waals surface area contributed by atoms with Gasteiger partial charge in [0.15, 0.2) is 0 Å². The maximum Gasteiger partial charge on any atom is 0.409 e. The minimum atomic E-state index is -0.189. The van der Waals surface area contributed by atoms with E-state index in [4.69, 9.17) is 4.74 Å². The molecule has 1 saturated heterocycles. The summed E-state index contributed by atoms with van der Waals surface area (Å²) in [4.78, 5) is 15.7. The van der Waals surface area contributed by atoms with E-state index in [9.17, 15) is 4.79 Å². The number of amides is 1. The van der Waals surface area contributed by atoms with Crippen LogP contribution in [-0.2, 0) is 4.74 Å². The summed E-state index contributed by atoms with van der Waals surface area (Å²) in [5, 5.41) is 3.36. The van der Waals surface area contributed by atoms with Crippen molar-refractivity contribution in [3.05, 3.63) is 12.2 Å². The van der Waals surface area contributed by atoms with E-state index in [1.807, 2.05) is 6.92 Å². The molecular weight excluding hydrogens is 242 g/mol. The van der Waals surface area contributed by atoms with Gasteiger partial charge in [0.05, 0.1) is 6.61 Å². The lowest BCUT2D eigenvalue weighted by atomic mass is 10.2. The molecule has 0 saturated carbocycles. The zero-order valence-corrected chi connectivity index (χ0v) is 12.3. The normalized spacial score (nSPS) is 16.4. The van der Waals surface area contributed by atoms with E-state index < -0.39 is 0 Å². The second-order valence-corrected chi connectivity index (χ2v) is 4.89. The van der Waals surface area contributed by atoms with E-state index in [2.05, 4.69) is 23.7 Å². The Morgan fingerprint density at radius 2 is 1.95 bits per heavy atom. The van der Waals surface area contributed by atoms with Crippen molar-refractivity contribution in [2.24, 2.45) is 0 Å². The number of hydrogen-bond donors (Lipinski definition) is 1. The molecular formula is C14H27N3O2. The van der Waals surface area contributed by atoms with Crippen molar-refractivity contribution in [3.63, 3.8) is 0 Å². The zero-order valence-electron chi connectivity index (χ0n) is 12.3. The van der Waals surface area contributed by atoms with Crippen molar-refractivity contribution < 1.29 is 9.53 Å². The molecule has 5 nitrogen and oxygen atoms in total. The molecule has 0 aromatic rings. The van der Waals surface area contributed by atoms with Crippen LogP contribution in [0, 0.1) is 0 Å². The van der Waals surface area contributed by atoms with Gasteiger partial charge in [-0.25, -0.2) is 4.79 Å². The van der Waals surface area contributed by atoms with Gasteiger partial charge in [-0.15, -0.1) is 0 Å². The van der Waals surface area contributed by atoms with Crippen molar-refractivity contribution in [2.75, 3.05) is 52.4 Å². The average Bonchev–Trinajstić information content (AvgIpc) is 2.40. The molecule has 19 heavy (non-hydrogen) atoms. The summed E-state index contributed by atoms with van der Waals surface area (Å²) in [6, 6.07) is 0. The van der Waals surface area contributed by atoms with Crippen molar-refractivity contribution in [1.29, 1.82) is 0 Å². The Morgan fingerprint density at radius 1 is 1.26 bits per heavy atom. The van der Waals surface area contributed by atoms with Crippen molar-refractivity contribution in [1.82, 2.24) is 15.1 Å². The second kappa shape index (κ2) is 8.93. The van der Waals surface area contributed by atoms with Gasteiger partial charge in [-0.3, -0.25) is 4.90 Å². The standard InChI is InChI=1S/C14H27N3O2/c1-4-6-15-11-13(3)12-16-7-9-17(10-8-16)14(18)19-5-2/h15H,3-12H2,1-2H3. The molecule has 0 aromatic heterocycles. The van der Waals surface area contributed by atoms with Crippen molar-refractivity contribution in [2.45, 2.75) is 20.3 Å². The van der Waals surface area contributed by atoms with Crippen molar-refractivity contribution in [3.8, 4) is 0 Å². The highest BCUT2D eigenvalue weighted by atomic mass is 16.6. The number of nitrogens with one attached hydrogen (secondary N) is 1. The number of carbonyl (C=O) groups is 1. The maximum absolute atomic E-state index is 11.6. The molecule has 1 rings (SSSR count). The summed E-state index contributed by atoms with van der Waals surface area (Å²) in [6.07, 6.45) is 0.955. The predicted octanol–water partition coefficient (Wildman–Crippen LogP) is 1.32. The van der Waals surface area contributed by atoms with Crippen LogP contribution >= 0.6 is 0 Å². The molecule has 1 N–H and O–H groups in total. The van der Waals surface area contributed by atoms with Crippen LogP contribution in [0.3, 0.4) is 0 Å². The Labute approximate surface area is 116 Å². The molecule has 5 heteroatoms. The Hall–Kier alpha value is -1.07. The van der Waals surface area contributed by atoms with Gasteiger partial charge in [0.1, 0.15) is 0 Å². The molecule has 0 aromatic carbocycles. The molecule has 1 aliphatic rings. The van der Waals surface area contributed by atoms with Crippen LogP contribution in [0.15, 0.2) is 12.2 Å². The Kier molecular flexibility index (Phi) is 7.52. The number of nitrogens with zero attached hydrogens (tertiary/aromatic N) is 2. The van der Waals surface area contributed by atoms with Crippen LogP contribution in [0.1, 0.15) is 20.3 Å². The third kappa shape index (κ3) is 6.07. The molecule has 1 fully saturated rings. The van der Waals surface area contributed by atoms with E-state index in [-0.39, 0.29) is 6.09 Å². The SMILES string of the molecule is C=C(CNCCC)CN1CCN(C(=O)OCC)CC1. The van der Waals surface area contributed by atoms with Crippen LogP contribution in [0.25, 0.3) is 0 Å². The van der Waals surface area contributed by atoms with Gasteiger partial charge in [0.25, 0.3) is 0 Å². The first-order valence-electron chi connectivity index (χ1n) is 7.18. The molecule has 0 spiro atoms. The van der Waals surface area contributed by atoms with E-state index in [0.29, 0.717) is 6.61 Å². The lowest BCUT2D eigenvalue weighted by molar-refractivity contribution is 0.0819. The number of ether oxygens (including phenoxy) is 1. The van der Waals surface area contributed by atoms with Gasteiger partial charge < -0.3 is 15.0 Å². The fraction of sp³-hybridized carbons (Fsp3) is 0.786. The minimum absolute atomic E-state index is 0.189. The Morgan fingerprint density at radius 3 is 2.53 bits per heavy atom. The van der Waals surface area contributed by atoms with Gasteiger partial charge in [0, 0.05) is 39.3 Å². The van der Waals surface area contributed by atoms with E-state index >= 15 is 0 Å². The first-order valence-corrected chi connectivity index (χ1v) is 7.18. The smallest absolute Gasteiger partial charge is 0.409 e. The fourth-order valence-electron chi connectivity index (χ4n) is 2.12. The maximum atomic E-state index is 11.6. The van der Waals surface area contributed by atoms with Crippen LogP contribution < -0.4 is 5.32 Å². The van der Waals surface area contributed by atoms with E-state index in [0.717, 1.165) is 52.2 Å². The number of piperazine rings is 1. The summed E-state index contributed by atoms with van der Waals surface area (Å²) in [6.45, 7) is 14.6. The van der Waals surface area contributed by atoms with E-state index in [1.165, 1.54) is 5.57 Å². The third-order valence-electron chi connectivity index (χ3n) is 3.15. The van der Waals surface area contributed by atoms with Crippen LogP contribution in [0.2, 0.25) is 0 Å². The number of rotatable bonds is 7. The van der Waals surface area contributed by atoms with Crippen LogP contribution in [0.5, 0.6) is 0 Å². The molecule has 1 aliphatic heterocycles. The van der Waals surface area contributed by atoms with Crippen LogP contribution in [-0.4, -0.2) is 68.3 Å². The highest BCUT2D eigenvalue weighted by Crippen LogP contribution is 2.05. The van der Waals surface area contributed by atoms with Crippen molar-refractivity contribution >= 4 is 6.09 Å². The monoisotopic (exact) mass is 269 g/mol. The number of carbonyl (C=O) groups excluding carboxylic acids is 1.